The van der Waals surface area contributed by atoms with E-state index in [1.807, 2.05) is 54.6 Å². The quantitative estimate of drug-likeness (QED) is 0.871. The molecule has 22 heavy (non-hydrogen) atoms. The lowest BCUT2D eigenvalue weighted by Gasteiger charge is -2.45. The van der Waals surface area contributed by atoms with Crippen LogP contribution < -0.4 is 0 Å². The van der Waals surface area contributed by atoms with Crippen LogP contribution in [0.2, 0.25) is 0 Å². The molecule has 0 aromatic heterocycles. The van der Waals surface area contributed by atoms with Crippen molar-refractivity contribution in [1.29, 1.82) is 0 Å². The van der Waals surface area contributed by atoms with Gasteiger partial charge in [-0.15, -0.1) is 6.58 Å². The van der Waals surface area contributed by atoms with Crippen molar-refractivity contribution in [3.05, 3.63) is 84.4 Å². The molecule has 1 fully saturated rings. The molecule has 114 valence electrons. The maximum absolute atomic E-state index is 11.5. The average Bonchev–Trinajstić information content (AvgIpc) is 2.58. The predicted molar refractivity (Wildman–Crippen MR) is 90.8 cm³/mol. The van der Waals surface area contributed by atoms with Crippen LogP contribution >= 0.6 is 0 Å². The zero-order valence-corrected chi connectivity index (χ0v) is 12.9. The Morgan fingerprint density at radius 1 is 1.09 bits per heavy atom. The average molecular weight is 293 g/mol. The highest BCUT2D eigenvalue weighted by molar-refractivity contribution is 5.32. The summed E-state index contributed by atoms with van der Waals surface area (Å²) in [6.45, 7) is 6.45. The molecule has 0 radical (unpaired) electrons. The molecule has 0 saturated carbocycles. The number of nitrogens with zero attached hydrogens (tertiary/aromatic N) is 1. The number of hydrogen-bond acceptors (Lipinski definition) is 2. The first-order valence-electron chi connectivity index (χ1n) is 7.90. The van der Waals surface area contributed by atoms with Crippen LogP contribution in [0.15, 0.2) is 73.3 Å². The third-order valence-corrected chi connectivity index (χ3v) is 4.69. The Morgan fingerprint density at radius 3 is 2.36 bits per heavy atom. The molecule has 0 bridgehead atoms. The molecule has 2 atom stereocenters. The highest BCUT2D eigenvalue weighted by atomic mass is 16.3. The van der Waals surface area contributed by atoms with Crippen LogP contribution in [-0.2, 0) is 5.60 Å². The van der Waals surface area contributed by atoms with Gasteiger partial charge < -0.3 is 5.11 Å². The van der Waals surface area contributed by atoms with Crippen molar-refractivity contribution in [2.24, 2.45) is 0 Å². The van der Waals surface area contributed by atoms with Crippen LogP contribution in [0.25, 0.3) is 0 Å². The Hall–Kier alpha value is -1.90. The van der Waals surface area contributed by atoms with E-state index in [9.17, 15) is 5.11 Å². The number of piperidine rings is 1. The molecule has 2 aromatic carbocycles. The molecule has 0 aliphatic carbocycles. The number of likely N-dealkylation sites (tertiary alicyclic amines) is 1. The number of benzene rings is 2. The maximum Gasteiger partial charge on any atom is 0.0989 e. The van der Waals surface area contributed by atoms with Crippen LogP contribution in [0, 0.1) is 0 Å². The third kappa shape index (κ3) is 2.85. The predicted octanol–water partition coefficient (Wildman–Crippen LogP) is 3.55. The van der Waals surface area contributed by atoms with Crippen molar-refractivity contribution in [2.75, 3.05) is 19.6 Å². The Morgan fingerprint density at radius 2 is 1.73 bits per heavy atom. The number of rotatable bonds is 4. The minimum absolute atomic E-state index is 0.0739. The second-order valence-electron chi connectivity index (χ2n) is 6.05. The van der Waals surface area contributed by atoms with Crippen LogP contribution in [0.3, 0.4) is 0 Å². The van der Waals surface area contributed by atoms with Crippen molar-refractivity contribution < 1.29 is 5.11 Å². The molecular weight excluding hydrogens is 270 g/mol. The molecule has 2 unspecified atom stereocenters. The Kier molecular flexibility index (Phi) is 4.41. The van der Waals surface area contributed by atoms with Gasteiger partial charge >= 0.3 is 0 Å². The molecular formula is C20H23NO. The zero-order chi connectivity index (χ0) is 15.4. The highest BCUT2D eigenvalue weighted by Gasteiger charge is 2.43. The lowest BCUT2D eigenvalue weighted by atomic mass is 9.72. The van der Waals surface area contributed by atoms with E-state index in [0.29, 0.717) is 0 Å². The third-order valence-electron chi connectivity index (χ3n) is 4.69. The summed E-state index contributed by atoms with van der Waals surface area (Å²) in [5.41, 5.74) is 1.41. The van der Waals surface area contributed by atoms with Crippen molar-refractivity contribution in [3.63, 3.8) is 0 Å². The summed E-state index contributed by atoms with van der Waals surface area (Å²) in [6, 6.07) is 20.5. The molecule has 2 nitrogen and oxygen atoms in total. The van der Waals surface area contributed by atoms with Crippen molar-refractivity contribution >= 4 is 0 Å². The summed E-state index contributed by atoms with van der Waals surface area (Å²) in [5.74, 6) is 0.0739. The van der Waals surface area contributed by atoms with Gasteiger partial charge in [0.2, 0.25) is 0 Å². The van der Waals surface area contributed by atoms with Gasteiger partial charge in [-0.25, -0.2) is 0 Å². The summed E-state index contributed by atoms with van der Waals surface area (Å²) >= 11 is 0. The molecule has 0 amide bonds. The van der Waals surface area contributed by atoms with E-state index >= 15 is 0 Å². The molecule has 1 N–H and O–H groups in total. The minimum Gasteiger partial charge on any atom is -0.384 e. The van der Waals surface area contributed by atoms with E-state index in [-0.39, 0.29) is 5.92 Å². The van der Waals surface area contributed by atoms with E-state index in [0.717, 1.165) is 31.6 Å². The van der Waals surface area contributed by atoms with Crippen LogP contribution in [0.4, 0.5) is 0 Å². The van der Waals surface area contributed by atoms with E-state index < -0.39 is 5.60 Å². The Balaban J connectivity index is 1.99. The van der Waals surface area contributed by atoms with Gasteiger partial charge in [0.15, 0.2) is 0 Å². The van der Waals surface area contributed by atoms with Crippen LogP contribution in [0.5, 0.6) is 0 Å². The minimum atomic E-state index is -0.805. The molecule has 2 aromatic rings. The zero-order valence-electron chi connectivity index (χ0n) is 12.9. The Labute approximate surface area is 132 Å². The van der Waals surface area contributed by atoms with Gasteiger partial charge in [0.25, 0.3) is 0 Å². The van der Waals surface area contributed by atoms with Gasteiger partial charge in [-0.05, 0) is 17.5 Å². The smallest absolute Gasteiger partial charge is 0.0989 e. The standard InChI is InChI=1S/C20H23NO/c1-2-14-21-15-13-20(22,18-11-7-4-8-12-18)19(16-21)17-9-5-3-6-10-17/h2-12,19,22H,1,13-16H2. The first-order chi connectivity index (χ1) is 10.7. The molecule has 0 spiro atoms. The molecule has 1 aliphatic rings. The van der Waals surface area contributed by atoms with Crippen molar-refractivity contribution in [1.82, 2.24) is 4.90 Å². The molecule has 2 heteroatoms. The van der Waals surface area contributed by atoms with Gasteiger partial charge in [-0.3, -0.25) is 4.90 Å². The van der Waals surface area contributed by atoms with Crippen LogP contribution in [-0.4, -0.2) is 29.6 Å². The summed E-state index contributed by atoms with van der Waals surface area (Å²) in [4.78, 5) is 2.36. The normalized spacial score (nSPS) is 25.8. The maximum atomic E-state index is 11.5. The fraction of sp³-hybridized carbons (Fsp3) is 0.300. The second-order valence-corrected chi connectivity index (χ2v) is 6.05. The fourth-order valence-corrected chi connectivity index (χ4v) is 3.49. The molecule has 1 heterocycles. The molecule has 1 saturated heterocycles. The molecule has 1 aliphatic heterocycles. The lowest BCUT2D eigenvalue weighted by molar-refractivity contribution is -0.0448. The lowest BCUT2D eigenvalue weighted by Crippen LogP contribution is -2.48. The van der Waals surface area contributed by atoms with E-state index in [4.69, 9.17) is 0 Å². The van der Waals surface area contributed by atoms with Gasteiger partial charge in [-0.2, -0.15) is 0 Å². The summed E-state index contributed by atoms with van der Waals surface area (Å²) in [7, 11) is 0. The van der Waals surface area contributed by atoms with Crippen LogP contribution in [0.1, 0.15) is 23.5 Å². The van der Waals surface area contributed by atoms with E-state index in [1.54, 1.807) is 0 Å². The summed E-state index contributed by atoms with van der Waals surface area (Å²) in [5, 5.41) is 11.5. The first-order valence-corrected chi connectivity index (χ1v) is 7.90. The molecule has 3 rings (SSSR count). The highest BCUT2D eigenvalue weighted by Crippen LogP contribution is 2.43. The first kappa shape index (κ1) is 15.0. The van der Waals surface area contributed by atoms with Gasteiger partial charge in [0, 0.05) is 25.6 Å². The van der Waals surface area contributed by atoms with E-state index in [2.05, 4.69) is 23.6 Å². The Bertz CT molecular complexity index is 610. The van der Waals surface area contributed by atoms with Crippen molar-refractivity contribution in [3.8, 4) is 0 Å². The summed E-state index contributed by atoms with van der Waals surface area (Å²) < 4.78 is 0. The second kappa shape index (κ2) is 6.47. The monoisotopic (exact) mass is 293 g/mol. The van der Waals surface area contributed by atoms with Gasteiger partial charge in [0.05, 0.1) is 5.60 Å². The SMILES string of the molecule is C=CCN1CCC(O)(c2ccccc2)C(c2ccccc2)C1. The van der Waals surface area contributed by atoms with E-state index in [1.165, 1.54) is 5.56 Å². The van der Waals surface area contributed by atoms with Gasteiger partial charge in [-0.1, -0.05) is 66.7 Å². The summed E-state index contributed by atoms with van der Waals surface area (Å²) in [6.07, 6.45) is 2.68. The largest absolute Gasteiger partial charge is 0.384 e. The van der Waals surface area contributed by atoms with Gasteiger partial charge in [0.1, 0.15) is 0 Å². The topological polar surface area (TPSA) is 23.5 Å². The fourth-order valence-electron chi connectivity index (χ4n) is 3.49. The van der Waals surface area contributed by atoms with Crippen molar-refractivity contribution in [2.45, 2.75) is 17.9 Å². The number of aliphatic hydroxyl groups is 1. The number of hydrogen-bond donors (Lipinski definition) is 1.